The molecule has 0 aliphatic carbocycles. The third kappa shape index (κ3) is 5.05. The molecule has 0 saturated heterocycles. The maximum Gasteiger partial charge on any atom is 0.137 e. The molecule has 0 unspecified atom stereocenters. The summed E-state index contributed by atoms with van der Waals surface area (Å²) in [6.45, 7) is 0. The van der Waals surface area contributed by atoms with Crippen LogP contribution in [0.2, 0.25) is 0 Å². The van der Waals surface area contributed by atoms with Crippen molar-refractivity contribution in [3.63, 3.8) is 0 Å². The number of pyridine rings is 2. The van der Waals surface area contributed by atoms with Gasteiger partial charge in [0.15, 0.2) is 0 Å². The zero-order valence-electron chi connectivity index (χ0n) is 29.9. The first-order valence-electron chi connectivity index (χ1n) is 18.7. The molecule has 8 aromatic carbocycles. The summed E-state index contributed by atoms with van der Waals surface area (Å²) in [5.41, 5.74) is 11.4. The first-order valence-corrected chi connectivity index (χ1v) is 18.7. The number of rotatable bonds is 5. The van der Waals surface area contributed by atoms with Crippen LogP contribution in [0, 0.1) is 0 Å². The molecule has 3 aromatic heterocycles. The van der Waals surface area contributed by atoms with Crippen molar-refractivity contribution in [2.24, 2.45) is 0 Å². The first-order chi connectivity index (χ1) is 27.3. The molecule has 0 fully saturated rings. The lowest BCUT2D eigenvalue weighted by molar-refractivity contribution is 1.08. The van der Waals surface area contributed by atoms with E-state index in [1.54, 1.807) is 0 Å². The molecule has 3 heterocycles. The lowest BCUT2D eigenvalue weighted by Crippen LogP contribution is -1.97. The highest BCUT2D eigenvalue weighted by Crippen LogP contribution is 2.45. The van der Waals surface area contributed by atoms with Crippen molar-refractivity contribution in [1.82, 2.24) is 14.5 Å². The van der Waals surface area contributed by atoms with Gasteiger partial charge in [0.1, 0.15) is 5.82 Å². The average Bonchev–Trinajstić information content (AvgIpc) is 3.60. The van der Waals surface area contributed by atoms with Gasteiger partial charge in [-0.2, -0.15) is 0 Å². The summed E-state index contributed by atoms with van der Waals surface area (Å²) in [6, 6.07) is 67.5. The van der Waals surface area contributed by atoms with Gasteiger partial charge < -0.3 is 0 Å². The molecule has 0 bridgehead atoms. The molecule has 0 atom stereocenters. The fourth-order valence-corrected chi connectivity index (χ4v) is 8.61. The molecule has 0 saturated carbocycles. The summed E-state index contributed by atoms with van der Waals surface area (Å²) in [5, 5.41) is 9.77. The summed E-state index contributed by atoms with van der Waals surface area (Å²) in [7, 11) is 0. The monoisotopic (exact) mass is 699 g/mol. The van der Waals surface area contributed by atoms with Crippen molar-refractivity contribution in [2.75, 3.05) is 0 Å². The van der Waals surface area contributed by atoms with E-state index in [1.165, 1.54) is 54.6 Å². The van der Waals surface area contributed by atoms with E-state index >= 15 is 0 Å². The van der Waals surface area contributed by atoms with Gasteiger partial charge in [-0.1, -0.05) is 152 Å². The third-order valence-electron chi connectivity index (χ3n) is 11.1. The molecular formula is C52H33N3. The summed E-state index contributed by atoms with van der Waals surface area (Å²) >= 11 is 0. The van der Waals surface area contributed by atoms with Crippen LogP contribution in [-0.2, 0) is 0 Å². The number of fused-ring (bicyclic) bond motifs is 6. The van der Waals surface area contributed by atoms with E-state index in [0.717, 1.165) is 50.0 Å². The number of para-hydroxylation sites is 1. The fraction of sp³-hybridized carbons (Fsp3) is 0. The molecule has 3 nitrogen and oxygen atoms in total. The van der Waals surface area contributed by atoms with E-state index in [9.17, 15) is 0 Å². The van der Waals surface area contributed by atoms with Gasteiger partial charge in [-0.05, 0) is 96.5 Å². The average molecular weight is 700 g/mol. The Balaban J connectivity index is 1.04. The Hall–Kier alpha value is -7.36. The van der Waals surface area contributed by atoms with Gasteiger partial charge in [0.05, 0.1) is 16.7 Å². The lowest BCUT2D eigenvalue weighted by Gasteiger charge is -2.18. The fourth-order valence-electron chi connectivity index (χ4n) is 8.61. The molecule has 11 rings (SSSR count). The van der Waals surface area contributed by atoms with Crippen LogP contribution in [-0.4, -0.2) is 14.5 Å². The maximum atomic E-state index is 5.11. The van der Waals surface area contributed by atoms with Gasteiger partial charge in [0.25, 0.3) is 0 Å². The van der Waals surface area contributed by atoms with Crippen LogP contribution in [0.3, 0.4) is 0 Å². The van der Waals surface area contributed by atoms with Crippen molar-refractivity contribution in [3.8, 4) is 50.5 Å². The summed E-state index contributed by atoms with van der Waals surface area (Å²) in [6.07, 6.45) is 3.91. The molecule has 0 amide bonds. The predicted octanol–water partition coefficient (Wildman–Crippen LogP) is 13.7. The van der Waals surface area contributed by atoms with Gasteiger partial charge >= 0.3 is 0 Å². The Morgan fingerprint density at radius 2 is 0.927 bits per heavy atom. The van der Waals surface area contributed by atoms with Crippen molar-refractivity contribution < 1.29 is 0 Å². The zero-order chi connectivity index (χ0) is 36.3. The molecule has 3 heteroatoms. The van der Waals surface area contributed by atoms with Gasteiger partial charge in [0.2, 0.25) is 0 Å². The van der Waals surface area contributed by atoms with Crippen LogP contribution in [0.25, 0.3) is 105 Å². The molecule has 55 heavy (non-hydrogen) atoms. The zero-order valence-corrected chi connectivity index (χ0v) is 29.9. The molecule has 0 aliphatic heterocycles. The normalized spacial score (nSPS) is 11.6. The number of hydrogen-bond acceptors (Lipinski definition) is 2. The molecule has 11 aromatic rings. The van der Waals surface area contributed by atoms with Crippen molar-refractivity contribution in [2.45, 2.75) is 0 Å². The Morgan fingerprint density at radius 3 is 1.64 bits per heavy atom. The summed E-state index contributed by atoms with van der Waals surface area (Å²) < 4.78 is 2.26. The van der Waals surface area contributed by atoms with Crippen LogP contribution in [0.5, 0.6) is 0 Å². The Morgan fingerprint density at radius 1 is 0.345 bits per heavy atom. The standard InChI is InChI=1S/C52H33N3/c1-2-14-35(15-3-1)52-51-45-23-10-11-24-46(45)55(47(51)29-30-53-52)48-28-27-40(33-54-48)37-17-12-18-38(32-37)49-41-19-6-8-21-43(41)50(44-22-9-7-20-42(44)49)39-26-25-34-13-4-5-16-36(34)31-39/h1-33H. The highest BCUT2D eigenvalue weighted by atomic mass is 15.1. The van der Waals surface area contributed by atoms with Gasteiger partial charge in [-0.25, -0.2) is 4.98 Å². The van der Waals surface area contributed by atoms with Crippen LogP contribution < -0.4 is 0 Å². The van der Waals surface area contributed by atoms with E-state index in [2.05, 4.69) is 187 Å². The van der Waals surface area contributed by atoms with Gasteiger partial charge in [-0.15, -0.1) is 0 Å². The van der Waals surface area contributed by atoms with Crippen LogP contribution in [0.15, 0.2) is 200 Å². The molecule has 256 valence electrons. The van der Waals surface area contributed by atoms with Crippen molar-refractivity contribution in [1.29, 1.82) is 0 Å². The van der Waals surface area contributed by atoms with Crippen molar-refractivity contribution in [3.05, 3.63) is 200 Å². The maximum absolute atomic E-state index is 5.11. The summed E-state index contributed by atoms with van der Waals surface area (Å²) in [5.74, 6) is 0.873. The topological polar surface area (TPSA) is 30.7 Å². The van der Waals surface area contributed by atoms with E-state index in [4.69, 9.17) is 9.97 Å². The second-order valence-corrected chi connectivity index (χ2v) is 14.2. The van der Waals surface area contributed by atoms with E-state index in [1.807, 2.05) is 18.5 Å². The smallest absolute Gasteiger partial charge is 0.137 e. The third-order valence-corrected chi connectivity index (χ3v) is 11.1. The molecule has 0 N–H and O–H groups in total. The first kappa shape index (κ1) is 31.2. The largest absolute Gasteiger partial charge is 0.294 e. The predicted molar refractivity (Wildman–Crippen MR) is 231 cm³/mol. The van der Waals surface area contributed by atoms with Crippen molar-refractivity contribution >= 4 is 54.1 Å². The van der Waals surface area contributed by atoms with E-state index < -0.39 is 0 Å². The minimum Gasteiger partial charge on any atom is -0.294 e. The Bertz CT molecular complexity index is 3190. The SMILES string of the molecule is c1ccc(-c2nccc3c2c2ccccc2n3-c2ccc(-c3cccc(-c4c5ccccc5c(-c5ccc6ccccc6c5)c5ccccc45)c3)cn2)cc1. The Kier molecular flexibility index (Phi) is 7.17. The van der Waals surface area contributed by atoms with Crippen LogP contribution >= 0.6 is 0 Å². The van der Waals surface area contributed by atoms with Crippen LogP contribution in [0.1, 0.15) is 0 Å². The van der Waals surface area contributed by atoms with Gasteiger partial charge in [-0.3, -0.25) is 9.55 Å². The van der Waals surface area contributed by atoms with Gasteiger partial charge in [0, 0.05) is 34.3 Å². The van der Waals surface area contributed by atoms with E-state index in [0.29, 0.717) is 0 Å². The number of nitrogens with zero attached hydrogens (tertiary/aromatic N) is 3. The molecular weight excluding hydrogens is 667 g/mol. The quantitative estimate of drug-likeness (QED) is 0.167. The second kappa shape index (κ2) is 12.6. The highest BCUT2D eigenvalue weighted by molar-refractivity contribution is 6.22. The highest BCUT2D eigenvalue weighted by Gasteiger charge is 2.19. The molecule has 0 aliphatic rings. The summed E-state index contributed by atoms with van der Waals surface area (Å²) in [4.78, 5) is 9.97. The van der Waals surface area contributed by atoms with Crippen LogP contribution in [0.4, 0.5) is 0 Å². The van der Waals surface area contributed by atoms with E-state index in [-0.39, 0.29) is 0 Å². The lowest BCUT2D eigenvalue weighted by atomic mass is 9.85. The minimum absolute atomic E-state index is 0.873. The number of benzene rings is 8. The molecule has 0 spiro atoms. The number of aromatic nitrogens is 3. The Labute approximate surface area is 318 Å². The minimum atomic E-state index is 0.873. The molecule has 0 radical (unpaired) electrons. The second-order valence-electron chi connectivity index (χ2n) is 14.2. The number of hydrogen-bond donors (Lipinski definition) is 0.